The van der Waals surface area contributed by atoms with Gasteiger partial charge in [0, 0.05) is 0 Å². The number of rotatable bonds is 1. The van der Waals surface area contributed by atoms with Gasteiger partial charge in [-0.05, 0) is 24.3 Å². The molecule has 1 aromatic carbocycles. The summed E-state index contributed by atoms with van der Waals surface area (Å²) in [7, 11) is 0. The second-order valence-electron chi connectivity index (χ2n) is 3.03. The minimum atomic E-state index is -0.605. The van der Waals surface area contributed by atoms with E-state index >= 15 is 0 Å². The molecule has 76 valence electrons. The molecule has 0 spiro atoms. The normalized spacial score (nSPS) is 10.3. The third-order valence-electron chi connectivity index (χ3n) is 2.00. The van der Waals surface area contributed by atoms with Gasteiger partial charge in [0.2, 0.25) is 0 Å². The Kier molecular flexibility index (Phi) is 2.60. The van der Waals surface area contributed by atoms with Gasteiger partial charge in [-0.3, -0.25) is 0 Å². The maximum absolute atomic E-state index is 13.4. The molecular formula is C11H7F2NS. The van der Waals surface area contributed by atoms with Crippen LogP contribution in [0.1, 0.15) is 0 Å². The average Bonchev–Trinajstić information content (AvgIpc) is 2.17. The Labute approximate surface area is 90.4 Å². The summed E-state index contributed by atoms with van der Waals surface area (Å²) in [5.41, 5.74) is 0.266. The molecule has 0 aliphatic rings. The fourth-order valence-electron chi connectivity index (χ4n) is 1.35. The molecule has 0 atom stereocenters. The molecule has 1 heterocycles. The van der Waals surface area contributed by atoms with Crippen LogP contribution in [0.4, 0.5) is 8.78 Å². The van der Waals surface area contributed by atoms with Crippen molar-refractivity contribution in [2.45, 2.75) is 0 Å². The number of hydrogen-bond donors (Lipinski definition) is 1. The molecule has 0 fully saturated rings. The molecule has 2 aromatic rings. The van der Waals surface area contributed by atoms with Crippen molar-refractivity contribution in [1.82, 2.24) is 4.98 Å². The Morgan fingerprint density at radius 3 is 2.13 bits per heavy atom. The summed E-state index contributed by atoms with van der Waals surface area (Å²) in [6.45, 7) is 0. The van der Waals surface area contributed by atoms with Gasteiger partial charge in [0.05, 0.1) is 11.3 Å². The van der Waals surface area contributed by atoms with Gasteiger partial charge in [-0.25, -0.2) is 8.78 Å². The molecule has 0 bridgehead atoms. The van der Waals surface area contributed by atoms with E-state index in [9.17, 15) is 8.78 Å². The molecule has 0 saturated heterocycles. The molecule has 2 rings (SSSR count). The lowest BCUT2D eigenvalue weighted by atomic mass is 10.1. The van der Waals surface area contributed by atoms with Gasteiger partial charge in [-0.1, -0.05) is 24.4 Å². The van der Waals surface area contributed by atoms with Crippen molar-refractivity contribution in [3.63, 3.8) is 0 Å². The van der Waals surface area contributed by atoms with Crippen LogP contribution in [0.2, 0.25) is 0 Å². The highest BCUT2D eigenvalue weighted by molar-refractivity contribution is 7.71. The van der Waals surface area contributed by atoms with Crippen LogP contribution < -0.4 is 0 Å². The number of benzene rings is 1. The molecule has 0 saturated carbocycles. The maximum Gasteiger partial charge on any atom is 0.135 e. The van der Waals surface area contributed by atoms with E-state index in [1.54, 1.807) is 18.2 Å². The van der Waals surface area contributed by atoms with Crippen LogP contribution >= 0.6 is 12.2 Å². The van der Waals surface area contributed by atoms with E-state index in [2.05, 4.69) is 4.98 Å². The Morgan fingerprint density at radius 2 is 1.53 bits per heavy atom. The van der Waals surface area contributed by atoms with Gasteiger partial charge in [0.1, 0.15) is 16.3 Å². The predicted octanol–water partition coefficient (Wildman–Crippen LogP) is 3.69. The fourth-order valence-corrected chi connectivity index (χ4v) is 1.54. The summed E-state index contributed by atoms with van der Waals surface area (Å²) >= 11 is 4.89. The van der Waals surface area contributed by atoms with E-state index < -0.39 is 11.6 Å². The average molecular weight is 223 g/mol. The van der Waals surface area contributed by atoms with Gasteiger partial charge < -0.3 is 4.98 Å². The number of aromatic nitrogens is 1. The molecule has 1 nitrogen and oxygen atoms in total. The van der Waals surface area contributed by atoms with Crippen molar-refractivity contribution >= 4 is 12.2 Å². The third-order valence-corrected chi connectivity index (χ3v) is 2.24. The van der Waals surface area contributed by atoms with Gasteiger partial charge in [-0.2, -0.15) is 0 Å². The number of nitrogens with one attached hydrogen (secondary N) is 1. The third kappa shape index (κ3) is 1.94. The van der Waals surface area contributed by atoms with Crippen LogP contribution in [-0.4, -0.2) is 4.98 Å². The zero-order valence-electron chi connectivity index (χ0n) is 7.63. The summed E-state index contributed by atoms with van der Waals surface area (Å²) in [5, 5.41) is 0. The van der Waals surface area contributed by atoms with Crippen LogP contribution in [0.15, 0.2) is 36.4 Å². The zero-order chi connectivity index (χ0) is 10.8. The van der Waals surface area contributed by atoms with Crippen LogP contribution in [0.3, 0.4) is 0 Å². The topological polar surface area (TPSA) is 15.8 Å². The molecular weight excluding hydrogens is 216 g/mol. The van der Waals surface area contributed by atoms with E-state index in [0.717, 1.165) is 0 Å². The molecule has 1 aromatic heterocycles. The molecule has 0 unspecified atom stereocenters. The molecule has 0 radical (unpaired) electrons. The van der Waals surface area contributed by atoms with E-state index in [4.69, 9.17) is 12.2 Å². The number of halogens is 2. The standard InChI is InChI=1S/C11H7F2NS/c12-7-3-1-4-8(13)11(7)9-5-2-6-10(15)14-9/h1-6H,(H,14,15). The number of H-pyrrole nitrogens is 1. The van der Waals surface area contributed by atoms with Crippen molar-refractivity contribution < 1.29 is 8.78 Å². The Bertz CT molecular complexity index is 528. The lowest BCUT2D eigenvalue weighted by Crippen LogP contribution is -1.91. The molecule has 15 heavy (non-hydrogen) atoms. The highest BCUT2D eigenvalue weighted by Gasteiger charge is 2.10. The van der Waals surface area contributed by atoms with Crippen LogP contribution in [-0.2, 0) is 0 Å². The van der Waals surface area contributed by atoms with Crippen molar-refractivity contribution in [3.8, 4) is 11.3 Å². The predicted molar refractivity (Wildman–Crippen MR) is 57.0 cm³/mol. The smallest absolute Gasteiger partial charge is 0.135 e. The summed E-state index contributed by atoms with van der Waals surface area (Å²) in [6.07, 6.45) is 0. The molecule has 1 N–H and O–H groups in total. The van der Waals surface area contributed by atoms with Crippen molar-refractivity contribution in [3.05, 3.63) is 52.7 Å². The van der Waals surface area contributed by atoms with Crippen molar-refractivity contribution in [2.24, 2.45) is 0 Å². The van der Waals surface area contributed by atoms with Crippen molar-refractivity contribution in [1.29, 1.82) is 0 Å². The minimum absolute atomic E-state index is 0.0794. The molecule has 4 heteroatoms. The van der Waals surface area contributed by atoms with E-state index in [-0.39, 0.29) is 5.56 Å². The van der Waals surface area contributed by atoms with Crippen LogP contribution in [0.25, 0.3) is 11.3 Å². The summed E-state index contributed by atoms with van der Waals surface area (Å²) in [4.78, 5) is 2.74. The second-order valence-corrected chi connectivity index (χ2v) is 3.47. The first-order chi connectivity index (χ1) is 7.18. The lowest BCUT2D eigenvalue weighted by Gasteiger charge is -2.04. The Balaban J connectivity index is 2.69. The first kappa shape index (κ1) is 9.98. The van der Waals surface area contributed by atoms with E-state index in [1.165, 1.54) is 18.2 Å². The highest BCUT2D eigenvalue weighted by Crippen LogP contribution is 2.23. The summed E-state index contributed by atoms with van der Waals surface area (Å²) in [5.74, 6) is -1.21. The molecule has 0 aliphatic heterocycles. The maximum atomic E-state index is 13.4. The first-order valence-corrected chi connectivity index (χ1v) is 4.73. The Morgan fingerprint density at radius 1 is 0.933 bits per heavy atom. The second kappa shape index (κ2) is 3.90. The van der Waals surface area contributed by atoms with Gasteiger partial charge in [0.15, 0.2) is 0 Å². The van der Waals surface area contributed by atoms with Gasteiger partial charge in [-0.15, -0.1) is 0 Å². The lowest BCUT2D eigenvalue weighted by molar-refractivity contribution is 0.588. The largest absolute Gasteiger partial charge is 0.346 e. The van der Waals surface area contributed by atoms with Crippen molar-refractivity contribution in [2.75, 3.05) is 0 Å². The molecule has 0 amide bonds. The first-order valence-electron chi connectivity index (χ1n) is 4.32. The zero-order valence-corrected chi connectivity index (χ0v) is 8.44. The van der Waals surface area contributed by atoms with Crippen LogP contribution in [0.5, 0.6) is 0 Å². The van der Waals surface area contributed by atoms with Gasteiger partial charge >= 0.3 is 0 Å². The number of aromatic amines is 1. The quantitative estimate of drug-likeness (QED) is 0.729. The van der Waals surface area contributed by atoms with Crippen LogP contribution in [0, 0.1) is 16.3 Å². The highest BCUT2D eigenvalue weighted by atomic mass is 32.1. The monoisotopic (exact) mass is 223 g/mol. The summed E-state index contributed by atoms with van der Waals surface area (Å²) < 4.78 is 27.2. The fraction of sp³-hybridized carbons (Fsp3) is 0. The number of hydrogen-bond acceptors (Lipinski definition) is 1. The SMILES string of the molecule is Fc1cccc(F)c1-c1cccc(=S)[nH]1. The van der Waals surface area contributed by atoms with E-state index in [0.29, 0.717) is 10.3 Å². The minimum Gasteiger partial charge on any atom is -0.346 e. The summed E-state index contributed by atoms with van der Waals surface area (Å²) in [6, 6.07) is 8.63. The Hall–Kier alpha value is -1.55. The molecule has 0 aliphatic carbocycles. The number of pyridine rings is 1. The van der Waals surface area contributed by atoms with Gasteiger partial charge in [0.25, 0.3) is 0 Å². The van der Waals surface area contributed by atoms with E-state index in [1.807, 2.05) is 0 Å².